The van der Waals surface area contributed by atoms with E-state index in [9.17, 15) is 9.59 Å². The van der Waals surface area contributed by atoms with Gasteiger partial charge in [-0.15, -0.1) is 0 Å². The van der Waals surface area contributed by atoms with Crippen molar-refractivity contribution in [3.63, 3.8) is 0 Å². The Labute approximate surface area is 115 Å². The molecule has 1 heterocycles. The molecule has 0 bridgehead atoms. The van der Waals surface area contributed by atoms with Crippen molar-refractivity contribution in [1.82, 2.24) is 20.9 Å². The maximum absolute atomic E-state index is 12.1. The summed E-state index contributed by atoms with van der Waals surface area (Å²) >= 11 is 0. The predicted molar refractivity (Wildman–Crippen MR) is 74.9 cm³/mol. The van der Waals surface area contributed by atoms with Crippen LogP contribution in [0.15, 0.2) is 0 Å². The average molecular weight is 270 g/mol. The Morgan fingerprint density at radius 2 is 1.89 bits per heavy atom. The van der Waals surface area contributed by atoms with Gasteiger partial charge in [0.05, 0.1) is 6.04 Å². The van der Waals surface area contributed by atoms with E-state index in [4.69, 9.17) is 0 Å². The van der Waals surface area contributed by atoms with Crippen molar-refractivity contribution in [3.8, 4) is 0 Å². The zero-order chi connectivity index (χ0) is 14.5. The van der Waals surface area contributed by atoms with Crippen molar-refractivity contribution in [1.29, 1.82) is 0 Å². The van der Waals surface area contributed by atoms with Gasteiger partial charge in [0.25, 0.3) is 0 Å². The number of rotatable bonds is 4. The van der Waals surface area contributed by atoms with E-state index in [2.05, 4.69) is 29.8 Å². The van der Waals surface area contributed by atoms with Gasteiger partial charge in [0.1, 0.15) is 0 Å². The minimum atomic E-state index is -0.148. The molecule has 0 radical (unpaired) electrons. The first-order valence-electron chi connectivity index (χ1n) is 6.81. The van der Waals surface area contributed by atoms with Crippen molar-refractivity contribution in [2.75, 3.05) is 33.7 Å². The Kier molecular flexibility index (Phi) is 5.60. The average Bonchev–Trinajstić information content (AvgIpc) is 2.33. The van der Waals surface area contributed by atoms with E-state index in [1.165, 1.54) is 4.90 Å². The Morgan fingerprint density at radius 1 is 1.26 bits per heavy atom. The SMILES string of the molecule is CN(C)C(=O)NCCNC(=O)C1NCCCC1(C)C. The van der Waals surface area contributed by atoms with E-state index in [1.807, 2.05) is 0 Å². The molecule has 110 valence electrons. The second kappa shape index (κ2) is 6.75. The lowest BCUT2D eigenvalue weighted by atomic mass is 9.77. The first-order chi connectivity index (χ1) is 8.84. The first-order valence-corrected chi connectivity index (χ1v) is 6.81. The van der Waals surface area contributed by atoms with Crippen LogP contribution < -0.4 is 16.0 Å². The molecule has 19 heavy (non-hydrogen) atoms. The van der Waals surface area contributed by atoms with Crippen LogP contribution in [0.5, 0.6) is 0 Å². The van der Waals surface area contributed by atoms with E-state index in [0.29, 0.717) is 13.1 Å². The normalized spacial score (nSPS) is 21.6. The van der Waals surface area contributed by atoms with Crippen LogP contribution in [0.3, 0.4) is 0 Å². The fourth-order valence-electron chi connectivity index (χ4n) is 2.27. The number of hydrogen-bond acceptors (Lipinski definition) is 3. The second-order valence-corrected chi connectivity index (χ2v) is 5.90. The van der Waals surface area contributed by atoms with Crippen LogP contribution in [-0.4, -0.2) is 56.6 Å². The smallest absolute Gasteiger partial charge is 0.316 e. The van der Waals surface area contributed by atoms with Gasteiger partial charge in [0.2, 0.25) is 5.91 Å². The fourth-order valence-corrected chi connectivity index (χ4v) is 2.27. The van der Waals surface area contributed by atoms with Gasteiger partial charge in [-0.3, -0.25) is 4.79 Å². The Bertz CT molecular complexity index is 329. The number of nitrogens with zero attached hydrogens (tertiary/aromatic N) is 1. The first kappa shape index (κ1) is 15.8. The van der Waals surface area contributed by atoms with E-state index in [-0.39, 0.29) is 23.4 Å². The molecular weight excluding hydrogens is 244 g/mol. The summed E-state index contributed by atoms with van der Waals surface area (Å²) < 4.78 is 0. The van der Waals surface area contributed by atoms with Crippen LogP contribution in [0.2, 0.25) is 0 Å². The van der Waals surface area contributed by atoms with Gasteiger partial charge < -0.3 is 20.9 Å². The van der Waals surface area contributed by atoms with Crippen LogP contribution >= 0.6 is 0 Å². The van der Waals surface area contributed by atoms with Crippen molar-refractivity contribution in [3.05, 3.63) is 0 Å². The molecule has 6 heteroatoms. The molecule has 1 atom stereocenters. The minimum absolute atomic E-state index is 0.0174. The Balaban J connectivity index is 2.29. The molecule has 3 amide bonds. The summed E-state index contributed by atoms with van der Waals surface area (Å²) in [6, 6.07) is -0.295. The third-order valence-corrected chi connectivity index (χ3v) is 3.50. The molecule has 3 N–H and O–H groups in total. The summed E-state index contributed by atoms with van der Waals surface area (Å²) in [5.74, 6) is 0.0174. The van der Waals surface area contributed by atoms with Crippen molar-refractivity contribution >= 4 is 11.9 Å². The number of urea groups is 1. The molecule has 0 aliphatic carbocycles. The lowest BCUT2D eigenvalue weighted by molar-refractivity contribution is -0.126. The standard InChI is InChI=1S/C13H26N4O2/c1-13(2)6-5-7-14-10(13)11(18)15-8-9-16-12(19)17(3)4/h10,14H,5-9H2,1-4H3,(H,15,18)(H,16,19). The molecule has 1 rings (SSSR count). The summed E-state index contributed by atoms with van der Waals surface area (Å²) in [5, 5.41) is 8.85. The predicted octanol–water partition coefficient (Wildman–Crippen LogP) is 0.152. The summed E-state index contributed by atoms with van der Waals surface area (Å²) in [6.07, 6.45) is 2.16. The van der Waals surface area contributed by atoms with Crippen molar-refractivity contribution in [2.24, 2.45) is 5.41 Å². The lowest BCUT2D eigenvalue weighted by Gasteiger charge is -2.38. The zero-order valence-electron chi connectivity index (χ0n) is 12.4. The summed E-state index contributed by atoms with van der Waals surface area (Å²) in [4.78, 5) is 24.8. The van der Waals surface area contributed by atoms with Crippen LogP contribution in [0, 0.1) is 5.41 Å². The molecular formula is C13H26N4O2. The summed E-state index contributed by atoms with van der Waals surface area (Å²) in [5.41, 5.74) is -0.0186. The fraction of sp³-hybridized carbons (Fsp3) is 0.846. The highest BCUT2D eigenvalue weighted by molar-refractivity contribution is 5.82. The molecule has 1 fully saturated rings. The summed E-state index contributed by atoms with van der Waals surface area (Å²) in [7, 11) is 3.37. The number of amides is 3. The van der Waals surface area contributed by atoms with Crippen LogP contribution in [0.25, 0.3) is 0 Å². The minimum Gasteiger partial charge on any atom is -0.353 e. The third kappa shape index (κ3) is 4.70. The number of piperidine rings is 1. The van der Waals surface area contributed by atoms with Gasteiger partial charge in [-0.05, 0) is 24.8 Å². The number of hydrogen-bond donors (Lipinski definition) is 3. The lowest BCUT2D eigenvalue weighted by Crippen LogP contribution is -2.56. The Morgan fingerprint density at radius 3 is 2.47 bits per heavy atom. The molecule has 6 nitrogen and oxygen atoms in total. The highest BCUT2D eigenvalue weighted by Gasteiger charge is 2.36. The number of carbonyl (C=O) groups is 2. The van der Waals surface area contributed by atoms with Crippen molar-refractivity contribution in [2.45, 2.75) is 32.7 Å². The quantitative estimate of drug-likeness (QED) is 0.637. The van der Waals surface area contributed by atoms with E-state index < -0.39 is 0 Å². The van der Waals surface area contributed by atoms with Gasteiger partial charge in [-0.1, -0.05) is 13.8 Å². The molecule has 1 unspecified atom stereocenters. The second-order valence-electron chi connectivity index (χ2n) is 5.90. The molecule has 1 saturated heterocycles. The third-order valence-electron chi connectivity index (χ3n) is 3.50. The molecule has 0 aromatic heterocycles. The van der Waals surface area contributed by atoms with Crippen LogP contribution in [0.1, 0.15) is 26.7 Å². The van der Waals surface area contributed by atoms with Gasteiger partial charge in [0, 0.05) is 27.2 Å². The van der Waals surface area contributed by atoms with Crippen LogP contribution in [-0.2, 0) is 4.79 Å². The molecule has 0 aromatic carbocycles. The van der Waals surface area contributed by atoms with Gasteiger partial charge in [-0.25, -0.2) is 4.79 Å². The molecule has 1 aliphatic rings. The highest BCUT2D eigenvalue weighted by Crippen LogP contribution is 2.29. The van der Waals surface area contributed by atoms with Gasteiger partial charge in [0.15, 0.2) is 0 Å². The number of carbonyl (C=O) groups excluding carboxylic acids is 2. The molecule has 0 spiro atoms. The van der Waals surface area contributed by atoms with E-state index >= 15 is 0 Å². The molecule has 1 aliphatic heterocycles. The monoisotopic (exact) mass is 270 g/mol. The zero-order valence-corrected chi connectivity index (χ0v) is 12.4. The maximum atomic E-state index is 12.1. The largest absolute Gasteiger partial charge is 0.353 e. The topological polar surface area (TPSA) is 73.5 Å². The molecule has 0 saturated carbocycles. The van der Waals surface area contributed by atoms with Crippen molar-refractivity contribution < 1.29 is 9.59 Å². The van der Waals surface area contributed by atoms with E-state index in [1.54, 1.807) is 14.1 Å². The van der Waals surface area contributed by atoms with Gasteiger partial charge in [-0.2, -0.15) is 0 Å². The number of nitrogens with one attached hydrogen (secondary N) is 3. The highest BCUT2D eigenvalue weighted by atomic mass is 16.2. The van der Waals surface area contributed by atoms with Gasteiger partial charge >= 0.3 is 6.03 Å². The summed E-state index contributed by atoms with van der Waals surface area (Å²) in [6.45, 7) is 6.00. The maximum Gasteiger partial charge on any atom is 0.316 e. The Hall–Kier alpha value is -1.30. The van der Waals surface area contributed by atoms with Crippen LogP contribution in [0.4, 0.5) is 4.79 Å². The van der Waals surface area contributed by atoms with E-state index in [0.717, 1.165) is 19.4 Å². The molecule has 0 aromatic rings.